The predicted octanol–water partition coefficient (Wildman–Crippen LogP) is 4.58. The minimum absolute atomic E-state index is 0.0519. The van der Waals surface area contributed by atoms with Crippen molar-refractivity contribution in [1.29, 1.82) is 0 Å². The molecule has 0 amide bonds. The maximum atomic E-state index is 13.1. The summed E-state index contributed by atoms with van der Waals surface area (Å²) in [7, 11) is 0. The van der Waals surface area contributed by atoms with E-state index in [2.05, 4.69) is 31.0 Å². The molecular formula is C21H22N2O2S. The van der Waals surface area contributed by atoms with Crippen molar-refractivity contribution < 1.29 is 4.79 Å². The van der Waals surface area contributed by atoms with Gasteiger partial charge in [-0.25, -0.2) is 4.98 Å². The Balaban J connectivity index is 2.15. The first-order valence-corrected chi connectivity index (χ1v) is 9.74. The molecule has 1 aromatic heterocycles. The van der Waals surface area contributed by atoms with Crippen molar-refractivity contribution in [3.05, 3.63) is 64.4 Å². The topological polar surface area (TPSA) is 52.0 Å². The molecule has 3 rings (SSSR count). The van der Waals surface area contributed by atoms with Crippen LogP contribution in [0, 0.1) is 0 Å². The summed E-state index contributed by atoms with van der Waals surface area (Å²) in [6.45, 7) is 5.89. The summed E-state index contributed by atoms with van der Waals surface area (Å²) in [4.78, 5) is 29.2. The van der Waals surface area contributed by atoms with Gasteiger partial charge >= 0.3 is 0 Å². The number of benzene rings is 2. The third kappa shape index (κ3) is 3.73. The van der Waals surface area contributed by atoms with E-state index in [4.69, 9.17) is 0 Å². The van der Waals surface area contributed by atoms with Crippen molar-refractivity contribution in [2.24, 2.45) is 0 Å². The Morgan fingerprint density at radius 2 is 1.85 bits per heavy atom. The fourth-order valence-corrected chi connectivity index (χ4v) is 3.60. The van der Waals surface area contributed by atoms with Gasteiger partial charge < -0.3 is 0 Å². The molecule has 0 spiro atoms. The third-order valence-corrected chi connectivity index (χ3v) is 5.57. The van der Waals surface area contributed by atoms with Crippen molar-refractivity contribution in [3.8, 4) is 5.69 Å². The van der Waals surface area contributed by atoms with Crippen LogP contribution in [0.1, 0.15) is 38.7 Å². The van der Waals surface area contributed by atoms with E-state index in [9.17, 15) is 9.59 Å². The monoisotopic (exact) mass is 366 g/mol. The quantitative estimate of drug-likeness (QED) is 0.473. The largest absolute Gasteiger partial charge is 0.299 e. The second-order valence-electron chi connectivity index (χ2n) is 6.44. The van der Waals surface area contributed by atoms with E-state index in [1.54, 1.807) is 10.6 Å². The van der Waals surface area contributed by atoms with Crippen molar-refractivity contribution >= 4 is 28.4 Å². The number of para-hydroxylation sites is 1. The van der Waals surface area contributed by atoms with Gasteiger partial charge in [-0.2, -0.15) is 0 Å². The molecule has 26 heavy (non-hydrogen) atoms. The number of carbonyl (C=O) groups is 1. The van der Waals surface area contributed by atoms with Gasteiger partial charge in [0.15, 0.2) is 5.16 Å². The van der Waals surface area contributed by atoms with E-state index in [1.807, 2.05) is 30.3 Å². The summed E-state index contributed by atoms with van der Waals surface area (Å²) >= 11 is 1.30. The molecule has 5 heteroatoms. The molecule has 0 saturated heterocycles. The highest BCUT2D eigenvalue weighted by atomic mass is 32.2. The lowest BCUT2D eigenvalue weighted by Crippen LogP contribution is -2.22. The molecule has 0 saturated carbocycles. The lowest BCUT2D eigenvalue weighted by atomic mass is 9.98. The first-order chi connectivity index (χ1) is 12.5. The van der Waals surface area contributed by atoms with Crippen LogP contribution in [0.3, 0.4) is 0 Å². The van der Waals surface area contributed by atoms with Crippen LogP contribution >= 0.6 is 11.8 Å². The summed E-state index contributed by atoms with van der Waals surface area (Å²) < 4.78 is 1.61. The van der Waals surface area contributed by atoms with Crippen LogP contribution in [0.2, 0.25) is 0 Å². The Bertz CT molecular complexity index is 993. The van der Waals surface area contributed by atoms with Gasteiger partial charge in [-0.15, -0.1) is 0 Å². The Morgan fingerprint density at radius 3 is 2.50 bits per heavy atom. The molecule has 0 aliphatic carbocycles. The number of thioether (sulfide) groups is 1. The molecule has 1 atom stereocenters. The Labute approximate surface area is 157 Å². The number of ketones is 1. The van der Waals surface area contributed by atoms with Crippen LogP contribution in [-0.4, -0.2) is 21.1 Å². The lowest BCUT2D eigenvalue weighted by Gasteiger charge is -2.14. The average molecular weight is 366 g/mol. The standard InChI is InChI=1S/C21H22N2O2S/c1-4-14(2)16-9-11-17(12-10-16)23-20(25)18-7-5-6-8-19(18)22-21(23)26-13-15(3)24/h5-12,14H,4,13H2,1-3H3. The van der Waals surface area contributed by atoms with Gasteiger partial charge in [0.2, 0.25) is 0 Å². The number of nitrogens with zero attached hydrogens (tertiary/aromatic N) is 2. The molecule has 3 aromatic rings. The molecule has 0 aliphatic rings. The van der Waals surface area contributed by atoms with E-state index in [-0.39, 0.29) is 17.1 Å². The molecule has 4 nitrogen and oxygen atoms in total. The minimum atomic E-state index is -0.113. The molecule has 2 aromatic carbocycles. The third-order valence-electron chi connectivity index (χ3n) is 4.48. The zero-order valence-electron chi connectivity index (χ0n) is 15.2. The molecule has 0 N–H and O–H groups in total. The van der Waals surface area contributed by atoms with Gasteiger partial charge in [0.1, 0.15) is 5.78 Å². The second-order valence-corrected chi connectivity index (χ2v) is 7.39. The number of rotatable bonds is 6. The molecule has 0 aliphatic heterocycles. The maximum absolute atomic E-state index is 13.1. The van der Waals surface area contributed by atoms with E-state index >= 15 is 0 Å². The van der Waals surface area contributed by atoms with Crippen molar-refractivity contribution in [2.45, 2.75) is 38.3 Å². The summed E-state index contributed by atoms with van der Waals surface area (Å²) in [5.41, 5.74) is 2.55. The zero-order valence-corrected chi connectivity index (χ0v) is 16.0. The second kappa shape index (κ2) is 7.87. The van der Waals surface area contributed by atoms with E-state index in [0.717, 1.165) is 12.1 Å². The summed E-state index contributed by atoms with van der Waals surface area (Å²) in [6, 6.07) is 15.3. The number of Topliss-reactive ketones (excluding diaryl/α,β-unsaturated/α-hetero) is 1. The van der Waals surface area contributed by atoms with Gasteiger partial charge in [-0.3, -0.25) is 14.2 Å². The SMILES string of the molecule is CCC(C)c1ccc(-n2c(SCC(C)=O)nc3ccccc3c2=O)cc1. The van der Waals surface area contributed by atoms with Crippen LogP contribution in [0.4, 0.5) is 0 Å². The first kappa shape index (κ1) is 18.4. The normalized spacial score (nSPS) is 12.3. The predicted molar refractivity (Wildman–Crippen MR) is 107 cm³/mol. The van der Waals surface area contributed by atoms with E-state index < -0.39 is 0 Å². The average Bonchev–Trinajstić information content (AvgIpc) is 2.66. The van der Waals surface area contributed by atoms with Crippen LogP contribution < -0.4 is 5.56 Å². The van der Waals surface area contributed by atoms with E-state index in [1.165, 1.54) is 24.2 Å². The number of fused-ring (bicyclic) bond motifs is 1. The Morgan fingerprint density at radius 1 is 1.15 bits per heavy atom. The first-order valence-electron chi connectivity index (χ1n) is 8.75. The fraction of sp³-hybridized carbons (Fsp3) is 0.286. The molecule has 134 valence electrons. The number of aromatic nitrogens is 2. The van der Waals surface area contributed by atoms with Crippen molar-refractivity contribution in [1.82, 2.24) is 9.55 Å². The Kier molecular flexibility index (Phi) is 5.57. The zero-order chi connectivity index (χ0) is 18.7. The van der Waals surface area contributed by atoms with Gasteiger partial charge in [-0.05, 0) is 49.1 Å². The van der Waals surface area contributed by atoms with E-state index in [0.29, 0.717) is 22.0 Å². The summed E-state index contributed by atoms with van der Waals surface area (Å²) in [5, 5.41) is 1.12. The van der Waals surface area contributed by atoms with Gasteiger partial charge in [0, 0.05) is 0 Å². The Hall–Kier alpha value is -2.40. The molecule has 0 bridgehead atoms. The highest BCUT2D eigenvalue weighted by molar-refractivity contribution is 7.99. The van der Waals surface area contributed by atoms with Crippen molar-refractivity contribution in [2.75, 3.05) is 5.75 Å². The summed E-state index contributed by atoms with van der Waals surface area (Å²) in [6.07, 6.45) is 1.07. The number of hydrogen-bond acceptors (Lipinski definition) is 4. The number of hydrogen-bond donors (Lipinski definition) is 0. The fourth-order valence-electron chi connectivity index (χ4n) is 2.79. The van der Waals surface area contributed by atoms with Crippen molar-refractivity contribution in [3.63, 3.8) is 0 Å². The van der Waals surface area contributed by atoms with Gasteiger partial charge in [0.25, 0.3) is 5.56 Å². The van der Waals surface area contributed by atoms with Crippen LogP contribution in [-0.2, 0) is 4.79 Å². The molecular weight excluding hydrogens is 344 g/mol. The molecule has 1 unspecified atom stereocenters. The van der Waals surface area contributed by atoms with Crippen LogP contribution in [0.5, 0.6) is 0 Å². The van der Waals surface area contributed by atoms with Crippen LogP contribution in [0.25, 0.3) is 16.6 Å². The smallest absolute Gasteiger partial charge is 0.266 e. The van der Waals surface area contributed by atoms with Crippen LogP contribution in [0.15, 0.2) is 58.5 Å². The van der Waals surface area contributed by atoms with Gasteiger partial charge in [0.05, 0.1) is 22.3 Å². The number of carbonyl (C=O) groups excluding carboxylic acids is 1. The molecule has 0 radical (unpaired) electrons. The highest BCUT2D eigenvalue weighted by Gasteiger charge is 2.14. The summed E-state index contributed by atoms with van der Waals surface area (Å²) in [5.74, 6) is 0.813. The highest BCUT2D eigenvalue weighted by Crippen LogP contribution is 2.24. The van der Waals surface area contributed by atoms with Gasteiger partial charge in [-0.1, -0.05) is 49.9 Å². The molecule has 0 fully saturated rings. The minimum Gasteiger partial charge on any atom is -0.299 e. The maximum Gasteiger partial charge on any atom is 0.266 e. The lowest BCUT2D eigenvalue weighted by molar-refractivity contribution is -0.114. The molecule has 1 heterocycles.